The van der Waals surface area contributed by atoms with Crippen LogP contribution in [0, 0.1) is 0 Å². The van der Waals surface area contributed by atoms with E-state index in [-0.39, 0.29) is 16.8 Å². The van der Waals surface area contributed by atoms with Gasteiger partial charge in [0.25, 0.3) is 5.91 Å². The number of hydrogen-bond acceptors (Lipinski definition) is 4. The van der Waals surface area contributed by atoms with Crippen LogP contribution in [0.1, 0.15) is 24.2 Å². The molecule has 0 atom stereocenters. The van der Waals surface area contributed by atoms with Crippen LogP contribution in [0.25, 0.3) is 0 Å². The lowest BCUT2D eigenvalue weighted by atomic mass is 10.2. The van der Waals surface area contributed by atoms with Crippen molar-refractivity contribution in [2.45, 2.75) is 24.8 Å². The molecular formula is C19H22N2O4S. The summed E-state index contributed by atoms with van der Waals surface area (Å²) in [5.74, 6) is 0.352. The average Bonchev–Trinajstić information content (AvgIpc) is 2.59. The summed E-state index contributed by atoms with van der Waals surface area (Å²) >= 11 is 0. The molecule has 0 heterocycles. The van der Waals surface area contributed by atoms with Gasteiger partial charge in [0.2, 0.25) is 10.0 Å². The van der Waals surface area contributed by atoms with Gasteiger partial charge in [-0.2, -0.15) is 0 Å². The van der Waals surface area contributed by atoms with Crippen molar-refractivity contribution in [1.29, 1.82) is 0 Å². The summed E-state index contributed by atoms with van der Waals surface area (Å²) in [6, 6.07) is 12.5. The first-order valence-corrected chi connectivity index (χ1v) is 9.57. The molecule has 0 aliphatic heterocycles. The Hall–Kier alpha value is -2.64. The Bertz CT molecular complexity index is 857. The molecule has 0 radical (unpaired) electrons. The van der Waals surface area contributed by atoms with E-state index in [0.29, 0.717) is 23.6 Å². The van der Waals surface area contributed by atoms with E-state index < -0.39 is 10.0 Å². The molecule has 2 rings (SSSR count). The van der Waals surface area contributed by atoms with Gasteiger partial charge >= 0.3 is 0 Å². The Morgan fingerprint density at radius 3 is 2.27 bits per heavy atom. The maximum absolute atomic E-state index is 12.3. The Labute approximate surface area is 153 Å². The molecule has 2 aromatic carbocycles. The van der Waals surface area contributed by atoms with Crippen molar-refractivity contribution in [2.75, 3.05) is 11.9 Å². The Kier molecular flexibility index (Phi) is 6.54. The highest BCUT2D eigenvalue weighted by Crippen LogP contribution is 2.17. The van der Waals surface area contributed by atoms with Crippen molar-refractivity contribution < 1.29 is 17.9 Å². The van der Waals surface area contributed by atoms with E-state index in [1.807, 2.05) is 0 Å². The zero-order valence-electron chi connectivity index (χ0n) is 14.7. The molecule has 0 bridgehead atoms. The normalized spacial score (nSPS) is 11.2. The standard InChI is InChI=1S/C19H22N2O4S/c1-4-13-25-17-9-5-15(6-10-17)19(22)20-16-7-11-18(12-8-16)26(23,24)21-14(2)3/h4-12,14,21H,1,13H2,2-3H3,(H,20,22). The molecule has 0 aliphatic rings. The molecule has 6 nitrogen and oxygen atoms in total. The molecule has 0 saturated heterocycles. The highest BCUT2D eigenvalue weighted by molar-refractivity contribution is 7.89. The Morgan fingerprint density at radius 1 is 1.12 bits per heavy atom. The summed E-state index contributed by atoms with van der Waals surface area (Å²) < 4.78 is 32.1. The summed E-state index contributed by atoms with van der Waals surface area (Å²) in [5.41, 5.74) is 0.972. The smallest absolute Gasteiger partial charge is 0.255 e. The molecule has 0 saturated carbocycles. The number of amides is 1. The van der Waals surface area contributed by atoms with Crippen molar-refractivity contribution in [3.05, 3.63) is 66.7 Å². The van der Waals surface area contributed by atoms with Crippen LogP contribution in [-0.4, -0.2) is 27.0 Å². The number of rotatable bonds is 8. The maximum atomic E-state index is 12.3. The van der Waals surface area contributed by atoms with Crippen molar-refractivity contribution in [3.8, 4) is 5.75 Å². The lowest BCUT2D eigenvalue weighted by Crippen LogP contribution is -2.30. The van der Waals surface area contributed by atoms with E-state index in [9.17, 15) is 13.2 Å². The zero-order chi connectivity index (χ0) is 19.2. The molecular weight excluding hydrogens is 352 g/mol. The van der Waals surface area contributed by atoms with Crippen molar-refractivity contribution >= 4 is 21.6 Å². The molecule has 7 heteroatoms. The second-order valence-corrected chi connectivity index (χ2v) is 7.59. The number of benzene rings is 2. The van der Waals surface area contributed by atoms with Gasteiger partial charge in [0, 0.05) is 17.3 Å². The van der Waals surface area contributed by atoms with Crippen LogP contribution < -0.4 is 14.8 Å². The second kappa shape index (κ2) is 8.64. The molecule has 0 aliphatic carbocycles. The van der Waals surface area contributed by atoms with Gasteiger partial charge < -0.3 is 10.1 Å². The number of carbonyl (C=O) groups excluding carboxylic acids is 1. The highest BCUT2D eigenvalue weighted by Gasteiger charge is 2.15. The van der Waals surface area contributed by atoms with Gasteiger partial charge in [0.1, 0.15) is 12.4 Å². The number of sulfonamides is 1. The molecule has 0 aromatic heterocycles. The van der Waals surface area contributed by atoms with Crippen molar-refractivity contribution in [3.63, 3.8) is 0 Å². The quantitative estimate of drug-likeness (QED) is 0.695. The van der Waals surface area contributed by atoms with Crippen LogP contribution in [0.15, 0.2) is 66.1 Å². The monoisotopic (exact) mass is 374 g/mol. The molecule has 138 valence electrons. The van der Waals surface area contributed by atoms with Gasteiger partial charge in [-0.25, -0.2) is 13.1 Å². The Morgan fingerprint density at radius 2 is 1.73 bits per heavy atom. The van der Waals surface area contributed by atoms with Crippen molar-refractivity contribution in [1.82, 2.24) is 4.72 Å². The summed E-state index contributed by atoms with van der Waals surface area (Å²) in [6.07, 6.45) is 1.64. The number of nitrogens with one attached hydrogen (secondary N) is 2. The SMILES string of the molecule is C=CCOc1ccc(C(=O)Nc2ccc(S(=O)(=O)NC(C)C)cc2)cc1. The van der Waals surface area contributed by atoms with E-state index >= 15 is 0 Å². The minimum atomic E-state index is -3.55. The predicted molar refractivity (Wildman–Crippen MR) is 102 cm³/mol. The fraction of sp³-hybridized carbons (Fsp3) is 0.211. The van der Waals surface area contributed by atoms with Gasteiger partial charge in [0.15, 0.2) is 0 Å². The molecule has 2 N–H and O–H groups in total. The number of anilines is 1. The third kappa shape index (κ3) is 5.44. The average molecular weight is 374 g/mol. The summed E-state index contributed by atoms with van der Waals surface area (Å²) in [4.78, 5) is 12.4. The lowest BCUT2D eigenvalue weighted by molar-refractivity contribution is 0.102. The van der Waals surface area contributed by atoms with E-state index in [4.69, 9.17) is 4.74 Å². The number of hydrogen-bond donors (Lipinski definition) is 2. The minimum Gasteiger partial charge on any atom is -0.490 e. The van der Waals surface area contributed by atoms with Gasteiger partial charge in [0.05, 0.1) is 4.90 Å². The predicted octanol–water partition coefficient (Wildman–Crippen LogP) is 3.19. The van der Waals surface area contributed by atoms with Gasteiger partial charge in [-0.3, -0.25) is 4.79 Å². The molecule has 26 heavy (non-hydrogen) atoms. The van der Waals surface area contributed by atoms with E-state index in [1.165, 1.54) is 12.1 Å². The molecule has 0 unspecified atom stereocenters. The van der Waals surface area contributed by atoms with Crippen LogP contribution in [0.2, 0.25) is 0 Å². The highest BCUT2D eigenvalue weighted by atomic mass is 32.2. The van der Waals surface area contributed by atoms with Crippen LogP contribution in [-0.2, 0) is 10.0 Å². The zero-order valence-corrected chi connectivity index (χ0v) is 15.5. The third-order valence-corrected chi connectivity index (χ3v) is 4.97. The van der Waals surface area contributed by atoms with Crippen LogP contribution in [0.5, 0.6) is 5.75 Å². The van der Waals surface area contributed by atoms with Gasteiger partial charge in [-0.1, -0.05) is 12.7 Å². The Balaban J connectivity index is 2.04. The molecule has 1 amide bonds. The van der Waals surface area contributed by atoms with E-state index in [2.05, 4.69) is 16.6 Å². The first kappa shape index (κ1) is 19.7. The van der Waals surface area contributed by atoms with E-state index in [1.54, 1.807) is 56.3 Å². The summed E-state index contributed by atoms with van der Waals surface area (Å²) in [7, 11) is -3.55. The first-order valence-electron chi connectivity index (χ1n) is 8.09. The third-order valence-electron chi connectivity index (χ3n) is 3.30. The maximum Gasteiger partial charge on any atom is 0.255 e. The fourth-order valence-corrected chi connectivity index (χ4v) is 3.41. The topological polar surface area (TPSA) is 84.5 Å². The largest absolute Gasteiger partial charge is 0.490 e. The first-order chi connectivity index (χ1) is 12.3. The van der Waals surface area contributed by atoms with Crippen LogP contribution in [0.4, 0.5) is 5.69 Å². The van der Waals surface area contributed by atoms with Gasteiger partial charge in [-0.15, -0.1) is 0 Å². The fourth-order valence-electron chi connectivity index (χ4n) is 2.16. The molecule has 2 aromatic rings. The van der Waals surface area contributed by atoms with Gasteiger partial charge in [-0.05, 0) is 62.4 Å². The second-order valence-electron chi connectivity index (χ2n) is 5.88. The van der Waals surface area contributed by atoms with Crippen LogP contribution in [0.3, 0.4) is 0 Å². The number of carbonyl (C=O) groups is 1. The van der Waals surface area contributed by atoms with Crippen molar-refractivity contribution in [2.24, 2.45) is 0 Å². The van der Waals surface area contributed by atoms with E-state index in [0.717, 1.165) is 0 Å². The summed E-state index contributed by atoms with van der Waals surface area (Å²) in [6.45, 7) is 7.47. The lowest BCUT2D eigenvalue weighted by Gasteiger charge is -2.10. The van der Waals surface area contributed by atoms with Crippen LogP contribution >= 0.6 is 0 Å². The molecule has 0 fully saturated rings. The number of ether oxygens (including phenoxy) is 1. The minimum absolute atomic E-state index is 0.146. The summed E-state index contributed by atoms with van der Waals surface area (Å²) in [5, 5.41) is 2.73. The molecule has 0 spiro atoms.